The van der Waals surface area contributed by atoms with Crippen molar-refractivity contribution >= 4 is 29.6 Å². The molecule has 3 aliphatic heterocycles. The van der Waals surface area contributed by atoms with E-state index in [1.807, 2.05) is 52.0 Å². The van der Waals surface area contributed by atoms with Gasteiger partial charge in [-0.3, -0.25) is 19.2 Å². The Labute approximate surface area is 254 Å². The van der Waals surface area contributed by atoms with Crippen molar-refractivity contribution in [3.63, 3.8) is 0 Å². The Morgan fingerprint density at radius 2 is 1.77 bits per heavy atom. The van der Waals surface area contributed by atoms with Gasteiger partial charge in [-0.2, -0.15) is 0 Å². The number of carbonyl (C=O) groups excluding carboxylic acids is 4. The van der Waals surface area contributed by atoms with Crippen LogP contribution in [0.25, 0.3) is 0 Å². The first-order valence-corrected chi connectivity index (χ1v) is 15.6. The molecule has 0 aromatic heterocycles. The van der Waals surface area contributed by atoms with Crippen LogP contribution in [0, 0.1) is 11.8 Å². The summed E-state index contributed by atoms with van der Waals surface area (Å²) in [7, 11) is 0. The van der Waals surface area contributed by atoms with Gasteiger partial charge >= 0.3 is 5.97 Å². The van der Waals surface area contributed by atoms with Crippen molar-refractivity contribution in [3.05, 3.63) is 29.8 Å². The average molecular weight is 601 g/mol. The Hall–Kier alpha value is -3.63. The van der Waals surface area contributed by atoms with Crippen molar-refractivity contribution < 1.29 is 33.8 Å². The van der Waals surface area contributed by atoms with E-state index in [0.29, 0.717) is 51.0 Å². The highest BCUT2D eigenvalue weighted by atomic mass is 16.5. The maximum absolute atomic E-state index is 13.8. The van der Waals surface area contributed by atoms with Gasteiger partial charge in [-0.1, -0.05) is 46.2 Å². The van der Waals surface area contributed by atoms with E-state index >= 15 is 0 Å². The molecule has 11 nitrogen and oxygen atoms in total. The summed E-state index contributed by atoms with van der Waals surface area (Å²) < 4.78 is 5.83. The zero-order valence-electron chi connectivity index (χ0n) is 25.9. The molecule has 1 aromatic carbocycles. The van der Waals surface area contributed by atoms with Crippen LogP contribution >= 0.6 is 0 Å². The number of carbonyl (C=O) groups is 5. The molecule has 0 spiro atoms. The third-order valence-electron chi connectivity index (χ3n) is 8.29. The third kappa shape index (κ3) is 9.96. The van der Waals surface area contributed by atoms with Crippen LogP contribution in [0.5, 0.6) is 5.75 Å². The standard InChI is InChI=1S/C32H48N4O7/c1-5-21(4)28(31(40)34-25(32(41)42)18-20(2)3)35-29(38)24-19-22-12-14-23(15-13-22)43-17-8-6-7-11-27(37)36-16-9-10-26(36)30(39)33-24/h12-15,20-21,24-26,28H,5-11,16-19H2,1-4H3,(H,33,39)(H,34,40)(H,35,38)(H,41,42)/t21-,24-,25-,26-,28-/m0/s1. The zero-order chi connectivity index (χ0) is 31.5. The summed E-state index contributed by atoms with van der Waals surface area (Å²) in [6.45, 7) is 8.46. The molecule has 3 aliphatic rings. The van der Waals surface area contributed by atoms with Gasteiger partial charge < -0.3 is 30.7 Å². The number of fused-ring (bicyclic) bond motifs is 11. The van der Waals surface area contributed by atoms with E-state index < -0.39 is 47.9 Å². The van der Waals surface area contributed by atoms with Crippen molar-refractivity contribution in [3.8, 4) is 5.75 Å². The number of rotatable bonds is 9. The molecule has 1 saturated heterocycles. The van der Waals surface area contributed by atoms with Crippen LogP contribution in [0.1, 0.15) is 84.6 Å². The number of aliphatic carboxylic acids is 1. The SMILES string of the molecule is CC[C@H](C)[C@H](NC(=O)[C@@H]1Cc2ccc(cc2)OCCCCCC(=O)N2CCC[C@H]2C(=O)N1)C(=O)N[C@@H](CC(C)C)C(=O)O. The van der Waals surface area contributed by atoms with Crippen molar-refractivity contribution in [1.29, 1.82) is 0 Å². The maximum atomic E-state index is 13.8. The highest BCUT2D eigenvalue weighted by Crippen LogP contribution is 2.21. The minimum atomic E-state index is -1.14. The molecule has 0 unspecified atom stereocenters. The number of ether oxygens (including phenoxy) is 1. The number of nitrogens with one attached hydrogen (secondary N) is 3. The molecule has 1 fully saturated rings. The molecule has 5 atom stereocenters. The van der Waals surface area contributed by atoms with Gasteiger partial charge in [0.2, 0.25) is 23.6 Å². The number of benzene rings is 1. The molecule has 3 heterocycles. The number of nitrogens with zero attached hydrogens (tertiary/aromatic N) is 1. The van der Waals surface area contributed by atoms with Crippen LogP contribution in [0.2, 0.25) is 0 Å². The van der Waals surface area contributed by atoms with Gasteiger partial charge in [0, 0.05) is 19.4 Å². The molecule has 1 aromatic rings. The summed E-state index contributed by atoms with van der Waals surface area (Å²) in [6.07, 6.45) is 4.88. The lowest BCUT2D eigenvalue weighted by molar-refractivity contribution is -0.143. The van der Waals surface area contributed by atoms with Gasteiger partial charge in [-0.15, -0.1) is 0 Å². The van der Waals surface area contributed by atoms with E-state index in [1.54, 1.807) is 4.90 Å². The largest absolute Gasteiger partial charge is 0.494 e. The molecule has 43 heavy (non-hydrogen) atoms. The van der Waals surface area contributed by atoms with E-state index in [2.05, 4.69) is 16.0 Å². The molecule has 4 rings (SSSR count). The summed E-state index contributed by atoms with van der Waals surface area (Å²) in [4.78, 5) is 67.1. The van der Waals surface area contributed by atoms with Gasteiger partial charge in [0.05, 0.1) is 6.61 Å². The second-order valence-electron chi connectivity index (χ2n) is 12.2. The quantitative estimate of drug-likeness (QED) is 0.340. The highest BCUT2D eigenvalue weighted by molar-refractivity contribution is 5.95. The van der Waals surface area contributed by atoms with Crippen LogP contribution in [-0.4, -0.2) is 76.9 Å². The van der Waals surface area contributed by atoms with Crippen LogP contribution in [-0.2, 0) is 30.4 Å². The summed E-state index contributed by atoms with van der Waals surface area (Å²) >= 11 is 0. The van der Waals surface area contributed by atoms with Crippen molar-refractivity contribution in [2.24, 2.45) is 11.8 Å². The number of hydrogen-bond acceptors (Lipinski definition) is 6. The van der Waals surface area contributed by atoms with E-state index in [9.17, 15) is 29.1 Å². The summed E-state index contributed by atoms with van der Waals surface area (Å²) in [5.74, 6) is -2.32. The van der Waals surface area contributed by atoms with Gasteiger partial charge in [-0.05, 0) is 68.1 Å². The van der Waals surface area contributed by atoms with Crippen molar-refractivity contribution in [2.45, 2.75) is 110 Å². The summed E-state index contributed by atoms with van der Waals surface area (Å²) in [5.41, 5.74) is 0.781. The van der Waals surface area contributed by atoms with Crippen LogP contribution in [0.4, 0.5) is 0 Å². The fourth-order valence-electron chi connectivity index (χ4n) is 5.57. The molecular weight excluding hydrogens is 552 g/mol. The summed E-state index contributed by atoms with van der Waals surface area (Å²) in [6, 6.07) is 3.54. The Bertz CT molecular complexity index is 1120. The maximum Gasteiger partial charge on any atom is 0.326 e. The van der Waals surface area contributed by atoms with Crippen molar-refractivity contribution in [2.75, 3.05) is 13.2 Å². The topological polar surface area (TPSA) is 154 Å². The first-order valence-electron chi connectivity index (χ1n) is 15.6. The van der Waals surface area contributed by atoms with Crippen molar-refractivity contribution in [1.82, 2.24) is 20.9 Å². The lowest BCUT2D eigenvalue weighted by Crippen LogP contribution is -2.59. The molecular formula is C32H48N4O7. The summed E-state index contributed by atoms with van der Waals surface area (Å²) in [5, 5.41) is 17.9. The van der Waals surface area contributed by atoms with E-state index in [0.717, 1.165) is 18.4 Å². The third-order valence-corrected chi connectivity index (χ3v) is 8.29. The van der Waals surface area contributed by atoms with Gasteiger partial charge in [0.25, 0.3) is 0 Å². The normalized spacial score (nSPS) is 22.0. The number of amides is 4. The first-order chi connectivity index (χ1) is 20.5. The monoisotopic (exact) mass is 600 g/mol. The lowest BCUT2D eigenvalue weighted by Gasteiger charge is -2.29. The van der Waals surface area contributed by atoms with Crippen LogP contribution < -0.4 is 20.7 Å². The molecule has 4 amide bonds. The van der Waals surface area contributed by atoms with Crippen LogP contribution in [0.15, 0.2) is 24.3 Å². The highest BCUT2D eigenvalue weighted by Gasteiger charge is 2.37. The molecule has 0 aliphatic carbocycles. The first kappa shape index (κ1) is 33.9. The Kier molecular flexibility index (Phi) is 12.8. The van der Waals surface area contributed by atoms with Gasteiger partial charge in [0.15, 0.2) is 0 Å². The fraction of sp³-hybridized carbons (Fsp3) is 0.656. The van der Waals surface area contributed by atoms with E-state index in [1.165, 1.54) is 0 Å². The van der Waals surface area contributed by atoms with Gasteiger partial charge in [0.1, 0.15) is 29.9 Å². The minimum Gasteiger partial charge on any atom is -0.494 e. The van der Waals surface area contributed by atoms with Gasteiger partial charge in [-0.25, -0.2) is 4.79 Å². The fourth-order valence-corrected chi connectivity index (χ4v) is 5.57. The lowest BCUT2D eigenvalue weighted by atomic mass is 9.96. The molecule has 2 bridgehead atoms. The van der Waals surface area contributed by atoms with E-state index in [-0.39, 0.29) is 30.6 Å². The molecule has 11 heteroatoms. The Morgan fingerprint density at radius 1 is 1.05 bits per heavy atom. The number of carboxylic acid groups (broad SMARTS) is 1. The Morgan fingerprint density at radius 3 is 2.42 bits per heavy atom. The van der Waals surface area contributed by atoms with E-state index in [4.69, 9.17) is 4.74 Å². The van der Waals surface area contributed by atoms with Crippen LogP contribution in [0.3, 0.4) is 0 Å². The predicted octanol–water partition coefficient (Wildman–Crippen LogP) is 2.80. The predicted molar refractivity (Wildman–Crippen MR) is 161 cm³/mol. The smallest absolute Gasteiger partial charge is 0.326 e. The zero-order valence-corrected chi connectivity index (χ0v) is 25.9. The molecule has 4 N–H and O–H groups in total. The number of hydrogen-bond donors (Lipinski definition) is 4. The number of carboxylic acids is 1. The average Bonchev–Trinajstić information content (AvgIpc) is 3.47. The Balaban J connectivity index is 1.86. The molecule has 0 radical (unpaired) electrons. The minimum absolute atomic E-state index is 0.0369. The molecule has 238 valence electrons. The second kappa shape index (κ2) is 16.3. The molecule has 0 saturated carbocycles. The second-order valence-corrected chi connectivity index (χ2v) is 12.2.